The van der Waals surface area contributed by atoms with Crippen LogP contribution in [-0.2, 0) is 19.1 Å². The van der Waals surface area contributed by atoms with E-state index in [1.165, 1.54) is 4.90 Å². The van der Waals surface area contributed by atoms with Crippen LogP contribution in [0.3, 0.4) is 0 Å². The maximum Gasteiger partial charge on any atom is 0.411 e. The quantitative estimate of drug-likeness (QED) is 0.785. The van der Waals surface area contributed by atoms with Gasteiger partial charge < -0.3 is 25.0 Å². The number of ether oxygens (including phenoxy) is 2. The molecule has 9 heteroatoms. The zero-order valence-corrected chi connectivity index (χ0v) is 17.1. The van der Waals surface area contributed by atoms with Crippen LogP contribution >= 0.6 is 0 Å². The van der Waals surface area contributed by atoms with Gasteiger partial charge in [-0.05, 0) is 45.0 Å². The first-order valence-corrected chi connectivity index (χ1v) is 9.74. The zero-order chi connectivity index (χ0) is 21.0. The summed E-state index contributed by atoms with van der Waals surface area (Å²) >= 11 is 0. The van der Waals surface area contributed by atoms with Crippen LogP contribution in [0.15, 0.2) is 24.3 Å². The van der Waals surface area contributed by atoms with Crippen LogP contribution in [0.2, 0.25) is 0 Å². The number of carbonyl (C=O) groups excluding carboxylic acids is 3. The van der Waals surface area contributed by atoms with E-state index in [-0.39, 0.29) is 18.4 Å². The summed E-state index contributed by atoms with van der Waals surface area (Å²) in [6, 6.07) is 6.38. The molecule has 2 heterocycles. The van der Waals surface area contributed by atoms with Crippen molar-refractivity contribution in [2.75, 3.05) is 49.6 Å². The molecular formula is C20H28N4O5. The van der Waals surface area contributed by atoms with Gasteiger partial charge in [0.15, 0.2) is 0 Å². The molecule has 2 N–H and O–H groups in total. The Kier molecular flexibility index (Phi) is 6.39. The van der Waals surface area contributed by atoms with Crippen molar-refractivity contribution in [1.29, 1.82) is 0 Å². The molecule has 9 nitrogen and oxygen atoms in total. The van der Waals surface area contributed by atoms with Crippen LogP contribution in [0.5, 0.6) is 0 Å². The van der Waals surface area contributed by atoms with Gasteiger partial charge in [-0.15, -0.1) is 0 Å². The van der Waals surface area contributed by atoms with Gasteiger partial charge in [-0.2, -0.15) is 0 Å². The van der Waals surface area contributed by atoms with Crippen molar-refractivity contribution >= 4 is 29.3 Å². The van der Waals surface area contributed by atoms with E-state index in [1.54, 1.807) is 49.9 Å². The summed E-state index contributed by atoms with van der Waals surface area (Å²) in [5.41, 5.74) is 0.718. The Balaban J connectivity index is 1.65. The van der Waals surface area contributed by atoms with E-state index in [9.17, 15) is 14.4 Å². The first-order chi connectivity index (χ1) is 13.7. The van der Waals surface area contributed by atoms with Crippen LogP contribution in [0, 0.1) is 0 Å². The minimum atomic E-state index is -0.668. The lowest BCUT2D eigenvalue weighted by atomic mass is 10.1. The standard InChI is InChI=1S/C20H28N4O5/c1-20(2,3)29-19(27)24-9-8-21-12-16(24)18(26)22-14-4-6-15(7-5-14)23-10-11-28-13-17(23)25/h4-7,16,21H,8-13H2,1-3H3,(H,22,26). The van der Waals surface area contributed by atoms with Crippen molar-refractivity contribution < 1.29 is 23.9 Å². The molecule has 0 aliphatic carbocycles. The van der Waals surface area contributed by atoms with Crippen LogP contribution in [0.25, 0.3) is 0 Å². The molecule has 1 aromatic carbocycles. The van der Waals surface area contributed by atoms with Crippen LogP contribution in [-0.4, -0.2) is 73.8 Å². The molecule has 2 saturated heterocycles. The Morgan fingerprint density at radius 2 is 1.93 bits per heavy atom. The van der Waals surface area contributed by atoms with Gasteiger partial charge >= 0.3 is 6.09 Å². The molecule has 2 aliphatic heterocycles. The van der Waals surface area contributed by atoms with Crippen LogP contribution in [0.1, 0.15) is 20.8 Å². The largest absolute Gasteiger partial charge is 0.444 e. The predicted molar refractivity (Wildman–Crippen MR) is 108 cm³/mol. The van der Waals surface area contributed by atoms with Crippen molar-refractivity contribution in [2.45, 2.75) is 32.4 Å². The van der Waals surface area contributed by atoms with Gasteiger partial charge in [-0.3, -0.25) is 14.5 Å². The summed E-state index contributed by atoms with van der Waals surface area (Å²) in [5.74, 6) is -0.382. The Labute approximate surface area is 170 Å². The van der Waals surface area contributed by atoms with E-state index in [0.717, 1.165) is 5.69 Å². The third-order valence-corrected chi connectivity index (χ3v) is 4.61. The van der Waals surface area contributed by atoms with Gasteiger partial charge in [0.2, 0.25) is 5.91 Å². The number of benzene rings is 1. The number of hydrogen-bond donors (Lipinski definition) is 2. The average Bonchev–Trinajstić information content (AvgIpc) is 2.68. The van der Waals surface area contributed by atoms with Crippen molar-refractivity contribution in [1.82, 2.24) is 10.2 Å². The predicted octanol–water partition coefficient (Wildman–Crippen LogP) is 1.20. The maximum atomic E-state index is 12.8. The highest BCUT2D eigenvalue weighted by Crippen LogP contribution is 2.20. The maximum absolute atomic E-state index is 12.8. The molecule has 29 heavy (non-hydrogen) atoms. The monoisotopic (exact) mass is 404 g/mol. The topological polar surface area (TPSA) is 100 Å². The fourth-order valence-corrected chi connectivity index (χ4v) is 3.22. The van der Waals surface area contributed by atoms with E-state index in [2.05, 4.69) is 10.6 Å². The lowest BCUT2D eigenvalue weighted by molar-refractivity contribution is -0.125. The third kappa shape index (κ3) is 5.45. The summed E-state index contributed by atoms with van der Waals surface area (Å²) in [7, 11) is 0. The van der Waals surface area contributed by atoms with Gasteiger partial charge in [-0.1, -0.05) is 0 Å². The molecule has 0 saturated carbocycles. The number of hydrogen-bond acceptors (Lipinski definition) is 6. The van der Waals surface area contributed by atoms with E-state index in [0.29, 0.717) is 38.5 Å². The summed E-state index contributed by atoms with van der Waals surface area (Å²) in [4.78, 5) is 40.3. The van der Waals surface area contributed by atoms with Gasteiger partial charge in [0, 0.05) is 37.6 Å². The zero-order valence-electron chi connectivity index (χ0n) is 17.1. The summed E-state index contributed by atoms with van der Waals surface area (Å²) < 4.78 is 10.6. The smallest absolute Gasteiger partial charge is 0.411 e. The molecule has 1 atom stereocenters. The summed E-state index contributed by atoms with van der Waals surface area (Å²) in [6.07, 6.45) is -0.500. The number of anilines is 2. The summed E-state index contributed by atoms with van der Waals surface area (Å²) in [6.45, 7) is 7.81. The minimum absolute atomic E-state index is 0.0771. The molecule has 1 aromatic rings. The Bertz CT molecular complexity index is 759. The summed E-state index contributed by atoms with van der Waals surface area (Å²) in [5, 5.41) is 5.98. The Morgan fingerprint density at radius 3 is 2.59 bits per heavy atom. The van der Waals surface area contributed by atoms with Crippen LogP contribution < -0.4 is 15.5 Å². The molecular weight excluding hydrogens is 376 g/mol. The second-order valence-corrected chi connectivity index (χ2v) is 8.03. The highest BCUT2D eigenvalue weighted by atomic mass is 16.6. The van der Waals surface area contributed by atoms with Crippen LogP contribution in [0.4, 0.5) is 16.2 Å². The van der Waals surface area contributed by atoms with Gasteiger partial charge in [0.1, 0.15) is 18.2 Å². The number of morpholine rings is 1. The van der Waals surface area contributed by atoms with Crippen molar-refractivity contribution in [3.8, 4) is 0 Å². The van der Waals surface area contributed by atoms with E-state index < -0.39 is 17.7 Å². The second kappa shape index (κ2) is 8.79. The van der Waals surface area contributed by atoms with E-state index >= 15 is 0 Å². The Morgan fingerprint density at radius 1 is 1.21 bits per heavy atom. The molecule has 0 spiro atoms. The van der Waals surface area contributed by atoms with Gasteiger partial charge in [-0.25, -0.2) is 4.79 Å². The first-order valence-electron chi connectivity index (χ1n) is 9.74. The number of piperazine rings is 1. The SMILES string of the molecule is CC(C)(C)OC(=O)N1CCNCC1C(=O)Nc1ccc(N2CCOCC2=O)cc1. The molecule has 1 unspecified atom stereocenters. The minimum Gasteiger partial charge on any atom is -0.444 e. The Hall–Kier alpha value is -2.65. The normalized spacial score (nSPS) is 20.4. The van der Waals surface area contributed by atoms with Crippen molar-refractivity contribution in [2.24, 2.45) is 0 Å². The van der Waals surface area contributed by atoms with Gasteiger partial charge in [0.05, 0.1) is 6.61 Å². The number of nitrogens with one attached hydrogen (secondary N) is 2. The van der Waals surface area contributed by atoms with Gasteiger partial charge in [0.25, 0.3) is 5.91 Å². The highest BCUT2D eigenvalue weighted by molar-refractivity contribution is 5.98. The second-order valence-electron chi connectivity index (χ2n) is 8.03. The lowest BCUT2D eigenvalue weighted by Gasteiger charge is -2.36. The number of carbonyl (C=O) groups is 3. The average molecular weight is 404 g/mol. The molecule has 158 valence electrons. The molecule has 3 amide bonds. The molecule has 0 bridgehead atoms. The fraction of sp³-hybridized carbons (Fsp3) is 0.550. The number of amides is 3. The molecule has 0 radical (unpaired) electrons. The number of rotatable bonds is 3. The molecule has 2 fully saturated rings. The highest BCUT2D eigenvalue weighted by Gasteiger charge is 2.34. The van der Waals surface area contributed by atoms with Crippen molar-refractivity contribution in [3.63, 3.8) is 0 Å². The van der Waals surface area contributed by atoms with Crippen molar-refractivity contribution in [3.05, 3.63) is 24.3 Å². The van der Waals surface area contributed by atoms with E-state index in [4.69, 9.17) is 9.47 Å². The van der Waals surface area contributed by atoms with E-state index in [1.807, 2.05) is 0 Å². The fourth-order valence-electron chi connectivity index (χ4n) is 3.22. The third-order valence-electron chi connectivity index (χ3n) is 4.61. The molecule has 3 rings (SSSR count). The number of nitrogens with zero attached hydrogens (tertiary/aromatic N) is 2. The molecule has 2 aliphatic rings. The lowest BCUT2D eigenvalue weighted by Crippen LogP contribution is -2.59. The molecule has 0 aromatic heterocycles. The first kappa shape index (κ1) is 21.1.